The molecule has 1 amide bonds. The maximum absolute atomic E-state index is 12.8. The van der Waals surface area contributed by atoms with Crippen molar-refractivity contribution in [2.75, 3.05) is 77.6 Å². The number of carbonyl (C=O) groups is 1. The number of nitrogens with one attached hydrogen (secondary N) is 1. The molecule has 0 bridgehead atoms. The van der Waals surface area contributed by atoms with Crippen molar-refractivity contribution in [2.24, 2.45) is 0 Å². The van der Waals surface area contributed by atoms with Gasteiger partial charge >= 0.3 is 0 Å². The van der Waals surface area contributed by atoms with E-state index in [1.165, 1.54) is 16.4 Å². The number of benzene rings is 2. The van der Waals surface area contributed by atoms with Crippen molar-refractivity contribution >= 4 is 54.2 Å². The van der Waals surface area contributed by atoms with Crippen LogP contribution in [0.2, 0.25) is 5.02 Å². The lowest BCUT2D eigenvalue weighted by Gasteiger charge is -2.34. The minimum Gasteiger partial charge on any atom is -0.493 e. The van der Waals surface area contributed by atoms with E-state index < -0.39 is 10.0 Å². The Morgan fingerprint density at radius 2 is 1.79 bits per heavy atom. The van der Waals surface area contributed by atoms with Crippen molar-refractivity contribution in [1.82, 2.24) is 19.5 Å². The first-order valence-electron chi connectivity index (χ1n) is 12.4. The molecule has 0 aliphatic carbocycles. The molecule has 2 saturated heterocycles. The number of amides is 1. The van der Waals surface area contributed by atoms with Crippen LogP contribution in [0, 0.1) is 0 Å². The molecule has 0 spiro atoms. The Labute approximate surface area is 231 Å². The summed E-state index contributed by atoms with van der Waals surface area (Å²) in [5.74, 6) is 0.385. The number of halogens is 1. The standard InChI is InChI=1S/C25H30ClN5O5S2/c1-35-23-20(26)6-7-21-22(23)28-25(37-21)30-12-10-29(11-13-30)9-8-27-24(32)18-2-4-19(5-3-18)38(33,34)31-14-16-36-17-15-31/h2-7H,8-17H2,1H3,(H,27,32). The molecule has 2 aliphatic heterocycles. The summed E-state index contributed by atoms with van der Waals surface area (Å²) >= 11 is 7.87. The van der Waals surface area contributed by atoms with E-state index in [-0.39, 0.29) is 10.8 Å². The topological polar surface area (TPSA) is 104 Å². The number of morpholine rings is 1. The van der Waals surface area contributed by atoms with Gasteiger partial charge in [0.25, 0.3) is 5.91 Å². The van der Waals surface area contributed by atoms with Gasteiger partial charge in [0, 0.05) is 57.9 Å². The number of aromatic nitrogens is 1. The molecule has 2 aromatic carbocycles. The molecular formula is C25H30ClN5O5S2. The van der Waals surface area contributed by atoms with Crippen LogP contribution < -0.4 is 15.0 Å². The highest BCUT2D eigenvalue weighted by molar-refractivity contribution is 7.89. The summed E-state index contributed by atoms with van der Waals surface area (Å²) < 4.78 is 38.6. The SMILES string of the molecule is COc1c(Cl)ccc2sc(N3CCN(CCNC(=O)c4ccc(S(=O)(=O)N5CCOCC5)cc4)CC3)nc12. The lowest BCUT2D eigenvalue weighted by Crippen LogP contribution is -2.48. The summed E-state index contributed by atoms with van der Waals surface area (Å²) in [4.78, 5) is 22.1. The minimum absolute atomic E-state index is 0.184. The van der Waals surface area contributed by atoms with Crippen LogP contribution in [-0.4, -0.2) is 101 Å². The number of sulfonamides is 1. The third kappa shape index (κ3) is 5.75. The predicted octanol–water partition coefficient (Wildman–Crippen LogP) is 2.53. The maximum atomic E-state index is 12.8. The number of methoxy groups -OCH3 is 1. The largest absolute Gasteiger partial charge is 0.493 e. The lowest BCUT2D eigenvalue weighted by molar-refractivity contribution is 0.0730. The number of anilines is 1. The Morgan fingerprint density at radius 3 is 2.47 bits per heavy atom. The molecule has 0 saturated carbocycles. The van der Waals surface area contributed by atoms with Gasteiger partial charge in [-0.15, -0.1) is 0 Å². The highest BCUT2D eigenvalue weighted by Crippen LogP contribution is 2.38. The second-order valence-electron chi connectivity index (χ2n) is 9.05. The van der Waals surface area contributed by atoms with Gasteiger partial charge in [0.05, 0.1) is 34.9 Å². The van der Waals surface area contributed by atoms with Gasteiger partial charge in [-0.25, -0.2) is 13.4 Å². The van der Waals surface area contributed by atoms with Crippen LogP contribution in [0.3, 0.4) is 0 Å². The van der Waals surface area contributed by atoms with E-state index in [4.69, 9.17) is 26.1 Å². The smallest absolute Gasteiger partial charge is 0.251 e. The molecule has 0 radical (unpaired) electrons. The lowest BCUT2D eigenvalue weighted by atomic mass is 10.2. The molecule has 3 aromatic rings. The fourth-order valence-electron chi connectivity index (χ4n) is 4.57. The van der Waals surface area contributed by atoms with Gasteiger partial charge in [-0.3, -0.25) is 9.69 Å². The first-order chi connectivity index (χ1) is 18.4. The molecule has 38 heavy (non-hydrogen) atoms. The molecule has 204 valence electrons. The summed E-state index contributed by atoms with van der Waals surface area (Å²) in [6.07, 6.45) is 0. The number of nitrogens with zero attached hydrogens (tertiary/aromatic N) is 4. The number of carbonyl (C=O) groups excluding carboxylic acids is 1. The third-order valence-electron chi connectivity index (χ3n) is 6.74. The van der Waals surface area contributed by atoms with E-state index in [0.29, 0.717) is 49.2 Å². The van der Waals surface area contributed by atoms with Crippen LogP contribution >= 0.6 is 22.9 Å². The van der Waals surface area contributed by atoms with Gasteiger partial charge in [0.15, 0.2) is 10.9 Å². The summed E-state index contributed by atoms with van der Waals surface area (Å²) in [6.45, 7) is 6.08. The van der Waals surface area contributed by atoms with Gasteiger partial charge in [-0.1, -0.05) is 22.9 Å². The molecule has 5 rings (SSSR count). The van der Waals surface area contributed by atoms with Crippen LogP contribution in [0.15, 0.2) is 41.3 Å². The predicted molar refractivity (Wildman–Crippen MR) is 148 cm³/mol. The van der Waals surface area contributed by atoms with Crippen molar-refractivity contribution in [1.29, 1.82) is 0 Å². The van der Waals surface area contributed by atoms with Crippen LogP contribution in [0.25, 0.3) is 10.2 Å². The first-order valence-corrected chi connectivity index (χ1v) is 15.1. The average molecular weight is 580 g/mol. The summed E-state index contributed by atoms with van der Waals surface area (Å²) in [5, 5.41) is 4.44. The van der Waals surface area contributed by atoms with E-state index in [1.54, 1.807) is 30.6 Å². The fourth-order valence-corrected chi connectivity index (χ4v) is 7.22. The second kappa shape index (κ2) is 11.7. The summed E-state index contributed by atoms with van der Waals surface area (Å²) in [5.41, 5.74) is 1.22. The number of thiazole rings is 1. The van der Waals surface area contributed by atoms with E-state index in [1.807, 2.05) is 12.1 Å². The Bertz CT molecular complexity index is 1390. The summed E-state index contributed by atoms with van der Waals surface area (Å²) in [6, 6.07) is 9.90. The van der Waals surface area contributed by atoms with Crippen molar-refractivity contribution in [3.05, 3.63) is 47.0 Å². The Balaban J connectivity index is 1.09. The number of hydrogen-bond acceptors (Lipinski definition) is 9. The van der Waals surface area contributed by atoms with Gasteiger partial charge in [-0.05, 0) is 36.4 Å². The quantitative estimate of drug-likeness (QED) is 0.434. The van der Waals surface area contributed by atoms with Gasteiger partial charge < -0.3 is 19.7 Å². The molecular weight excluding hydrogens is 550 g/mol. The van der Waals surface area contributed by atoms with E-state index in [9.17, 15) is 13.2 Å². The zero-order chi connectivity index (χ0) is 26.7. The third-order valence-corrected chi connectivity index (χ3v) is 10.0. The molecule has 10 nitrogen and oxygen atoms in total. The molecule has 1 aromatic heterocycles. The fraction of sp³-hybridized carbons (Fsp3) is 0.440. The average Bonchev–Trinajstić information content (AvgIpc) is 3.38. The molecule has 0 unspecified atom stereocenters. The van der Waals surface area contributed by atoms with Crippen LogP contribution in [0.1, 0.15) is 10.4 Å². The van der Waals surface area contributed by atoms with E-state index in [2.05, 4.69) is 15.1 Å². The monoisotopic (exact) mass is 579 g/mol. The van der Waals surface area contributed by atoms with Crippen molar-refractivity contribution in [3.63, 3.8) is 0 Å². The Morgan fingerprint density at radius 1 is 1.08 bits per heavy atom. The Kier molecular flexibility index (Phi) is 8.36. The number of rotatable bonds is 8. The van der Waals surface area contributed by atoms with Gasteiger partial charge in [0.2, 0.25) is 10.0 Å². The number of piperazine rings is 1. The highest BCUT2D eigenvalue weighted by Gasteiger charge is 2.26. The molecule has 2 aliphatic rings. The maximum Gasteiger partial charge on any atom is 0.251 e. The number of fused-ring (bicyclic) bond motifs is 1. The van der Waals surface area contributed by atoms with E-state index in [0.717, 1.165) is 48.1 Å². The van der Waals surface area contributed by atoms with Crippen LogP contribution in [-0.2, 0) is 14.8 Å². The van der Waals surface area contributed by atoms with Crippen molar-refractivity contribution < 1.29 is 22.7 Å². The molecule has 3 heterocycles. The van der Waals surface area contributed by atoms with Crippen molar-refractivity contribution in [3.8, 4) is 5.75 Å². The normalized spacial score (nSPS) is 17.6. The van der Waals surface area contributed by atoms with Crippen LogP contribution in [0.4, 0.5) is 5.13 Å². The number of hydrogen-bond donors (Lipinski definition) is 1. The summed E-state index contributed by atoms with van der Waals surface area (Å²) in [7, 11) is -1.98. The molecule has 13 heteroatoms. The minimum atomic E-state index is -3.58. The molecule has 2 fully saturated rings. The molecule has 1 N–H and O–H groups in total. The van der Waals surface area contributed by atoms with Gasteiger partial charge in [0.1, 0.15) is 5.52 Å². The first kappa shape index (κ1) is 27.1. The van der Waals surface area contributed by atoms with Gasteiger partial charge in [-0.2, -0.15) is 4.31 Å². The highest BCUT2D eigenvalue weighted by atomic mass is 35.5. The number of ether oxygens (including phenoxy) is 2. The van der Waals surface area contributed by atoms with Crippen molar-refractivity contribution in [2.45, 2.75) is 4.90 Å². The second-order valence-corrected chi connectivity index (χ2v) is 12.4. The Hall–Kier alpha value is -2.48. The van der Waals surface area contributed by atoms with E-state index >= 15 is 0 Å². The van der Waals surface area contributed by atoms with Crippen LogP contribution in [0.5, 0.6) is 5.75 Å². The zero-order valence-electron chi connectivity index (χ0n) is 21.1. The zero-order valence-corrected chi connectivity index (χ0v) is 23.4. The molecule has 0 atom stereocenters.